The Kier molecular flexibility index (Phi) is 4.76. The summed E-state index contributed by atoms with van der Waals surface area (Å²) in [4.78, 5) is 6.37. The highest BCUT2D eigenvalue weighted by atomic mass is 32.1. The molecular formula is C14H24N2OS. The topological polar surface area (TPSA) is 34.1 Å². The highest BCUT2D eigenvalue weighted by molar-refractivity contribution is 7.11. The molecule has 0 spiro atoms. The third kappa shape index (κ3) is 2.92. The van der Waals surface area contributed by atoms with Crippen molar-refractivity contribution in [2.45, 2.75) is 52.0 Å². The van der Waals surface area contributed by atoms with E-state index < -0.39 is 0 Å². The van der Waals surface area contributed by atoms with Gasteiger partial charge in [-0.2, -0.15) is 0 Å². The number of nitrogens with zero attached hydrogens (tertiary/aromatic N) is 1. The number of thiazole rings is 1. The van der Waals surface area contributed by atoms with Gasteiger partial charge in [0.05, 0.1) is 17.8 Å². The van der Waals surface area contributed by atoms with Crippen LogP contribution in [0.25, 0.3) is 0 Å². The molecule has 0 radical (unpaired) electrons. The van der Waals surface area contributed by atoms with E-state index in [4.69, 9.17) is 9.72 Å². The van der Waals surface area contributed by atoms with Crippen LogP contribution in [0.4, 0.5) is 0 Å². The summed E-state index contributed by atoms with van der Waals surface area (Å²) in [6, 6.07) is 0. The molecule has 0 fully saturated rings. The first kappa shape index (κ1) is 14.0. The first-order valence-electron chi connectivity index (χ1n) is 7.01. The maximum absolute atomic E-state index is 5.64. The molecule has 4 heteroatoms. The lowest BCUT2D eigenvalue weighted by atomic mass is 10.0. The smallest absolute Gasteiger partial charge is 0.115 e. The van der Waals surface area contributed by atoms with Crippen LogP contribution in [-0.2, 0) is 23.1 Å². The largest absolute Gasteiger partial charge is 0.379 e. The molecule has 102 valence electrons. The first-order chi connectivity index (χ1) is 8.69. The minimum atomic E-state index is -0.132. The van der Waals surface area contributed by atoms with Gasteiger partial charge in [-0.05, 0) is 46.1 Å². The van der Waals surface area contributed by atoms with E-state index in [9.17, 15) is 0 Å². The van der Waals surface area contributed by atoms with Crippen LogP contribution in [0.2, 0.25) is 0 Å². The monoisotopic (exact) mass is 268 g/mol. The van der Waals surface area contributed by atoms with Gasteiger partial charge in [-0.1, -0.05) is 6.92 Å². The van der Waals surface area contributed by atoms with Crippen molar-refractivity contribution in [1.82, 2.24) is 10.3 Å². The van der Waals surface area contributed by atoms with Gasteiger partial charge in [0, 0.05) is 11.5 Å². The second-order valence-electron chi connectivity index (χ2n) is 5.10. The van der Waals surface area contributed by atoms with Crippen molar-refractivity contribution in [2.75, 3.05) is 19.8 Å². The molecule has 1 aromatic rings. The van der Waals surface area contributed by atoms with Crippen LogP contribution < -0.4 is 5.32 Å². The van der Waals surface area contributed by atoms with Crippen LogP contribution in [0.15, 0.2) is 0 Å². The molecule has 1 heterocycles. The Balaban J connectivity index is 2.21. The SMILES string of the molecule is CCNC(C)(COCC)c1nc2c(s1)CCCC2. The number of nitrogens with one attached hydrogen (secondary N) is 1. The number of fused-ring (bicyclic) bond motifs is 1. The van der Waals surface area contributed by atoms with Gasteiger partial charge >= 0.3 is 0 Å². The van der Waals surface area contributed by atoms with Gasteiger partial charge in [0.2, 0.25) is 0 Å². The second-order valence-corrected chi connectivity index (χ2v) is 6.18. The number of aryl methyl sites for hydroxylation is 2. The fourth-order valence-electron chi connectivity index (χ4n) is 2.47. The van der Waals surface area contributed by atoms with Crippen molar-refractivity contribution in [1.29, 1.82) is 0 Å². The molecule has 0 saturated carbocycles. The number of ether oxygens (including phenoxy) is 1. The highest BCUT2D eigenvalue weighted by Crippen LogP contribution is 2.32. The third-order valence-electron chi connectivity index (χ3n) is 3.48. The lowest BCUT2D eigenvalue weighted by Crippen LogP contribution is -2.43. The van der Waals surface area contributed by atoms with E-state index in [0.29, 0.717) is 6.61 Å². The number of aromatic nitrogens is 1. The Morgan fingerprint density at radius 2 is 2.11 bits per heavy atom. The van der Waals surface area contributed by atoms with Crippen molar-refractivity contribution in [2.24, 2.45) is 0 Å². The zero-order valence-corrected chi connectivity index (χ0v) is 12.5. The van der Waals surface area contributed by atoms with Gasteiger partial charge in [0.15, 0.2) is 0 Å². The quantitative estimate of drug-likeness (QED) is 0.861. The molecule has 0 aromatic carbocycles. The standard InChI is InChI=1S/C14H24N2OS/c1-4-15-14(3,10-17-5-2)13-16-11-8-6-7-9-12(11)18-13/h15H,4-10H2,1-3H3. The van der Waals surface area contributed by atoms with Crippen LogP contribution in [0, 0.1) is 0 Å². The number of hydrogen-bond donors (Lipinski definition) is 1. The summed E-state index contributed by atoms with van der Waals surface area (Å²) in [5.41, 5.74) is 1.20. The molecule has 1 unspecified atom stereocenters. The summed E-state index contributed by atoms with van der Waals surface area (Å²) in [7, 11) is 0. The average molecular weight is 268 g/mol. The van der Waals surface area contributed by atoms with Gasteiger partial charge in [-0.25, -0.2) is 4.98 Å². The van der Waals surface area contributed by atoms with E-state index >= 15 is 0 Å². The molecule has 0 bridgehead atoms. The van der Waals surface area contributed by atoms with Crippen molar-refractivity contribution in [3.05, 3.63) is 15.6 Å². The van der Waals surface area contributed by atoms with Gasteiger partial charge in [-0.3, -0.25) is 0 Å². The van der Waals surface area contributed by atoms with Crippen LogP contribution in [0.5, 0.6) is 0 Å². The molecule has 1 atom stereocenters. The molecule has 1 N–H and O–H groups in total. The summed E-state index contributed by atoms with van der Waals surface area (Å²) in [5.74, 6) is 0. The van der Waals surface area contributed by atoms with Crippen LogP contribution in [0.3, 0.4) is 0 Å². The molecule has 1 aliphatic rings. The van der Waals surface area contributed by atoms with Crippen LogP contribution in [0.1, 0.15) is 49.2 Å². The predicted molar refractivity (Wildman–Crippen MR) is 76.3 cm³/mol. The van der Waals surface area contributed by atoms with Gasteiger partial charge < -0.3 is 10.1 Å². The molecular weight excluding hydrogens is 244 g/mol. The summed E-state index contributed by atoms with van der Waals surface area (Å²) in [5, 5.41) is 4.74. The van der Waals surface area contributed by atoms with E-state index in [1.807, 2.05) is 18.3 Å². The van der Waals surface area contributed by atoms with Gasteiger partial charge in [0.1, 0.15) is 5.01 Å². The lowest BCUT2D eigenvalue weighted by Gasteiger charge is -2.28. The molecule has 3 nitrogen and oxygen atoms in total. The minimum Gasteiger partial charge on any atom is -0.379 e. The van der Waals surface area contributed by atoms with Gasteiger partial charge in [-0.15, -0.1) is 11.3 Å². The molecule has 1 aliphatic carbocycles. The van der Waals surface area contributed by atoms with E-state index in [0.717, 1.165) is 19.6 Å². The number of likely N-dealkylation sites (N-methyl/N-ethyl adjacent to an activating group) is 1. The Morgan fingerprint density at radius 3 is 2.78 bits per heavy atom. The van der Waals surface area contributed by atoms with Crippen LogP contribution in [-0.4, -0.2) is 24.7 Å². The minimum absolute atomic E-state index is 0.132. The van der Waals surface area contributed by atoms with Crippen molar-refractivity contribution < 1.29 is 4.74 Å². The van der Waals surface area contributed by atoms with E-state index in [-0.39, 0.29) is 5.54 Å². The molecule has 2 rings (SSSR count). The first-order valence-corrected chi connectivity index (χ1v) is 7.83. The summed E-state index contributed by atoms with van der Waals surface area (Å²) < 4.78 is 5.64. The lowest BCUT2D eigenvalue weighted by molar-refractivity contribution is 0.0839. The maximum Gasteiger partial charge on any atom is 0.115 e. The summed E-state index contributed by atoms with van der Waals surface area (Å²) in [6.45, 7) is 8.77. The molecule has 0 aliphatic heterocycles. The maximum atomic E-state index is 5.64. The average Bonchev–Trinajstić information content (AvgIpc) is 2.81. The van der Waals surface area contributed by atoms with E-state index in [1.165, 1.54) is 34.8 Å². The fourth-order valence-corrected chi connectivity index (χ4v) is 3.73. The second kappa shape index (κ2) is 6.13. The molecule has 0 amide bonds. The molecule has 1 aromatic heterocycles. The third-order valence-corrected chi connectivity index (χ3v) is 4.90. The van der Waals surface area contributed by atoms with Crippen molar-refractivity contribution in [3.8, 4) is 0 Å². The summed E-state index contributed by atoms with van der Waals surface area (Å²) in [6.07, 6.45) is 4.98. The van der Waals surface area contributed by atoms with E-state index in [1.54, 1.807) is 0 Å². The number of rotatable bonds is 6. The molecule has 18 heavy (non-hydrogen) atoms. The Hall–Kier alpha value is -0.450. The predicted octanol–water partition coefficient (Wildman–Crippen LogP) is 2.88. The highest BCUT2D eigenvalue weighted by Gasteiger charge is 2.31. The van der Waals surface area contributed by atoms with Crippen molar-refractivity contribution >= 4 is 11.3 Å². The van der Waals surface area contributed by atoms with E-state index in [2.05, 4.69) is 19.2 Å². The summed E-state index contributed by atoms with van der Waals surface area (Å²) >= 11 is 1.88. The Bertz CT molecular complexity index is 368. The molecule has 0 saturated heterocycles. The fraction of sp³-hybridized carbons (Fsp3) is 0.786. The van der Waals surface area contributed by atoms with Gasteiger partial charge in [0.25, 0.3) is 0 Å². The zero-order chi connectivity index (χ0) is 13.0. The normalized spacial score (nSPS) is 18.4. The number of hydrogen-bond acceptors (Lipinski definition) is 4. The van der Waals surface area contributed by atoms with Crippen molar-refractivity contribution in [3.63, 3.8) is 0 Å². The Morgan fingerprint density at radius 1 is 1.33 bits per heavy atom. The van der Waals surface area contributed by atoms with Crippen LogP contribution >= 0.6 is 11.3 Å². The zero-order valence-electron chi connectivity index (χ0n) is 11.7. The Labute approximate surface area is 114 Å².